The van der Waals surface area contributed by atoms with Gasteiger partial charge in [-0.2, -0.15) is 40.6 Å². The summed E-state index contributed by atoms with van der Waals surface area (Å²) in [7, 11) is -23.4. The Labute approximate surface area is 346 Å². The molecule has 0 saturated heterocycles. The number of phenolic OH excluding ortho intramolecular Hbond substituents is 2. The molecule has 0 unspecified atom stereocenters. The fraction of sp³-hybridized carbons (Fsp3) is 0.194. The summed E-state index contributed by atoms with van der Waals surface area (Å²) in [6.45, 7) is 1.14. The number of sulfone groups is 2. The Morgan fingerprint density at radius 1 is 0.574 bits per heavy atom. The maximum atomic E-state index is 12.6. The van der Waals surface area contributed by atoms with Crippen LogP contribution in [-0.4, -0.2) is 102 Å². The molecule has 61 heavy (non-hydrogen) atoms. The molecule has 4 rings (SSSR count). The summed E-state index contributed by atoms with van der Waals surface area (Å²) in [6, 6.07) is 10.3. The van der Waals surface area contributed by atoms with E-state index in [2.05, 4.69) is 39.1 Å². The highest BCUT2D eigenvalue weighted by Crippen LogP contribution is 2.47. The van der Waals surface area contributed by atoms with Crippen molar-refractivity contribution in [2.75, 3.05) is 24.7 Å². The van der Waals surface area contributed by atoms with Crippen molar-refractivity contribution in [2.45, 2.75) is 28.5 Å². The highest BCUT2D eigenvalue weighted by atomic mass is 32.3. The highest BCUT2D eigenvalue weighted by Gasteiger charge is 2.25. The van der Waals surface area contributed by atoms with Crippen molar-refractivity contribution in [1.29, 1.82) is 0 Å². The smallest absolute Gasteiger partial charge is 0.397 e. The van der Waals surface area contributed by atoms with Crippen LogP contribution >= 0.6 is 0 Å². The second-order valence-electron chi connectivity index (χ2n) is 12.1. The van der Waals surface area contributed by atoms with Crippen molar-refractivity contribution < 1.29 is 84.2 Å². The fourth-order valence-electron chi connectivity index (χ4n) is 4.75. The third kappa shape index (κ3) is 13.1. The number of carboxylic acid groups (broad SMARTS) is 1. The second-order valence-corrected chi connectivity index (χ2v) is 19.8. The number of azo groups is 3. The quantitative estimate of drug-likeness (QED) is 0.0558. The summed E-state index contributed by atoms with van der Waals surface area (Å²) in [6.07, 6.45) is 0. The summed E-state index contributed by atoms with van der Waals surface area (Å²) in [5, 5.41) is 54.4. The average molecular weight is 951 g/mol. The number of phenols is 2. The molecule has 0 aliphatic rings. The first kappa shape index (κ1) is 48.0. The third-order valence-electron chi connectivity index (χ3n) is 7.69. The van der Waals surface area contributed by atoms with Crippen molar-refractivity contribution in [2.24, 2.45) is 30.7 Å². The fourth-order valence-corrected chi connectivity index (χ4v) is 8.47. The molecular formula is C31H30N6O19S5. The summed E-state index contributed by atoms with van der Waals surface area (Å²) in [5.74, 6) is -5.30. The minimum absolute atomic E-state index is 0.0512. The zero-order chi connectivity index (χ0) is 45.7. The van der Waals surface area contributed by atoms with Gasteiger partial charge in [-0.25, -0.2) is 30.0 Å². The molecule has 0 aliphatic carbocycles. The Bertz CT molecular complexity index is 3050. The zero-order valence-corrected chi connectivity index (χ0v) is 34.9. The molecule has 0 spiro atoms. The number of aryl methyl sites for hydroxylation is 2. The molecule has 328 valence electrons. The lowest BCUT2D eigenvalue weighted by atomic mass is 10.1. The van der Waals surface area contributed by atoms with Crippen LogP contribution in [0.15, 0.2) is 106 Å². The first-order valence-electron chi connectivity index (χ1n) is 16.2. The zero-order valence-electron chi connectivity index (χ0n) is 30.8. The maximum Gasteiger partial charge on any atom is 0.397 e. The van der Waals surface area contributed by atoms with Crippen LogP contribution in [0.4, 0.5) is 34.1 Å². The monoisotopic (exact) mass is 950 g/mol. The molecule has 0 amide bonds. The third-order valence-corrected chi connectivity index (χ3v) is 12.9. The number of carbonyl (C=O) groups is 1. The van der Waals surface area contributed by atoms with Gasteiger partial charge in [-0.3, -0.25) is 13.7 Å². The van der Waals surface area contributed by atoms with Gasteiger partial charge in [0.15, 0.2) is 31.1 Å². The standard InChI is InChI=1S/C31H30N6O19S5/c1-17-14-25(18(2)13-24(17)34-33-23-8-7-21(15-27(23)59(46,47)48)58(44,45)12-10-56-61(52,53)54)35-37-29-26(38)16-22(31(40)41)28(30(29)39)36-32-19-3-5-20(6-4-19)57(42,43)11-9-55-60(49,50)51/h3-8,13-16,38-39H,9-12H2,1-2H3,(H,40,41)(H,46,47,48)(H,49,50,51)(H,52,53,54). The molecule has 0 atom stereocenters. The van der Waals surface area contributed by atoms with Crippen LogP contribution in [0.25, 0.3) is 0 Å². The minimum Gasteiger partial charge on any atom is -0.505 e. The van der Waals surface area contributed by atoms with Gasteiger partial charge in [0.1, 0.15) is 22.0 Å². The Morgan fingerprint density at radius 2 is 1.03 bits per heavy atom. The van der Waals surface area contributed by atoms with Gasteiger partial charge in [0, 0.05) is 0 Å². The van der Waals surface area contributed by atoms with Crippen LogP contribution in [0.1, 0.15) is 21.5 Å². The first-order chi connectivity index (χ1) is 28.1. The van der Waals surface area contributed by atoms with Gasteiger partial charge in [-0.05, 0) is 85.6 Å². The van der Waals surface area contributed by atoms with Gasteiger partial charge in [-0.1, -0.05) is 0 Å². The van der Waals surface area contributed by atoms with E-state index in [1.807, 2.05) is 0 Å². The van der Waals surface area contributed by atoms with Crippen molar-refractivity contribution in [3.63, 3.8) is 0 Å². The van der Waals surface area contributed by atoms with Crippen molar-refractivity contribution in [3.8, 4) is 11.5 Å². The molecule has 25 nitrogen and oxygen atoms in total. The number of hydrogen-bond acceptors (Lipinski definition) is 21. The number of aromatic carboxylic acids is 1. The van der Waals surface area contributed by atoms with E-state index in [0.29, 0.717) is 23.3 Å². The molecule has 0 bridgehead atoms. The van der Waals surface area contributed by atoms with Crippen LogP contribution in [0, 0.1) is 13.8 Å². The Morgan fingerprint density at radius 3 is 1.52 bits per heavy atom. The second kappa shape index (κ2) is 18.5. The van der Waals surface area contributed by atoms with Crippen LogP contribution in [0.5, 0.6) is 11.5 Å². The Hall–Kier alpha value is -5.70. The summed E-state index contributed by atoms with van der Waals surface area (Å²) >= 11 is 0. The number of carboxylic acids is 1. The molecule has 0 aliphatic heterocycles. The lowest BCUT2D eigenvalue weighted by Crippen LogP contribution is -2.16. The molecule has 4 aromatic rings. The maximum absolute atomic E-state index is 12.6. The van der Waals surface area contributed by atoms with E-state index in [9.17, 15) is 66.8 Å². The van der Waals surface area contributed by atoms with Crippen molar-refractivity contribution in [1.82, 2.24) is 0 Å². The van der Waals surface area contributed by atoms with E-state index in [4.69, 9.17) is 9.11 Å². The van der Waals surface area contributed by atoms with E-state index in [0.717, 1.165) is 36.4 Å². The lowest BCUT2D eigenvalue weighted by molar-refractivity contribution is 0.0696. The topological polar surface area (TPSA) is 402 Å². The number of rotatable bonds is 18. The lowest BCUT2D eigenvalue weighted by Gasteiger charge is -2.09. The van der Waals surface area contributed by atoms with E-state index >= 15 is 0 Å². The van der Waals surface area contributed by atoms with Gasteiger partial charge in [0.2, 0.25) is 0 Å². The molecule has 0 saturated carbocycles. The van der Waals surface area contributed by atoms with Crippen LogP contribution in [-0.2, 0) is 59.0 Å². The molecule has 0 fully saturated rings. The van der Waals surface area contributed by atoms with Gasteiger partial charge in [0.05, 0.1) is 57.1 Å². The average Bonchev–Trinajstić information content (AvgIpc) is 3.13. The largest absolute Gasteiger partial charge is 0.505 e. The van der Waals surface area contributed by atoms with E-state index in [1.54, 1.807) is 0 Å². The molecule has 0 aromatic heterocycles. The minimum atomic E-state index is -5.11. The Kier molecular flexibility index (Phi) is 14.6. The van der Waals surface area contributed by atoms with Crippen LogP contribution in [0.3, 0.4) is 0 Å². The predicted molar refractivity (Wildman–Crippen MR) is 207 cm³/mol. The number of hydrogen-bond donors (Lipinski definition) is 6. The normalized spacial score (nSPS) is 13.1. The van der Waals surface area contributed by atoms with Gasteiger partial charge < -0.3 is 15.3 Å². The molecular weight excluding hydrogens is 921 g/mol. The van der Waals surface area contributed by atoms with Crippen molar-refractivity contribution >= 4 is 90.7 Å². The SMILES string of the molecule is Cc1cc(N=Nc2c(O)cc(C(=O)O)c(N=Nc3ccc(S(=O)(=O)CCOS(=O)(=O)O)cc3)c2O)c(C)cc1N=Nc1ccc(S(=O)(=O)CCOS(=O)(=O)O)cc1S(=O)(=O)O. The summed E-state index contributed by atoms with van der Waals surface area (Å²) in [4.78, 5) is 10.0. The Balaban J connectivity index is 1.61. The molecule has 0 heterocycles. The number of aromatic hydroxyl groups is 2. The first-order valence-corrected chi connectivity index (χ1v) is 23.6. The van der Waals surface area contributed by atoms with Gasteiger partial charge in [-0.15, -0.1) is 15.3 Å². The van der Waals surface area contributed by atoms with Crippen LogP contribution in [0.2, 0.25) is 0 Å². The van der Waals surface area contributed by atoms with Crippen molar-refractivity contribution in [3.05, 3.63) is 77.4 Å². The van der Waals surface area contributed by atoms with E-state index in [-0.39, 0.29) is 22.0 Å². The number of benzene rings is 4. The summed E-state index contributed by atoms with van der Waals surface area (Å²) in [5.41, 5.74) is -1.77. The number of nitrogens with zero attached hydrogens (tertiary/aromatic N) is 6. The van der Waals surface area contributed by atoms with E-state index in [1.165, 1.54) is 26.0 Å². The highest BCUT2D eigenvalue weighted by molar-refractivity contribution is 7.92. The van der Waals surface area contributed by atoms with Gasteiger partial charge in [0.25, 0.3) is 10.1 Å². The van der Waals surface area contributed by atoms with Crippen LogP contribution < -0.4 is 0 Å². The van der Waals surface area contributed by atoms with E-state index < -0.39 is 125 Å². The molecule has 6 N–H and O–H groups in total. The molecule has 30 heteroatoms. The molecule has 0 radical (unpaired) electrons. The predicted octanol–water partition coefficient (Wildman–Crippen LogP) is 5.09. The summed E-state index contributed by atoms with van der Waals surface area (Å²) < 4.78 is 152. The van der Waals surface area contributed by atoms with Gasteiger partial charge >= 0.3 is 26.8 Å². The molecule has 4 aromatic carbocycles.